The van der Waals surface area contributed by atoms with Crippen LogP contribution in [0.3, 0.4) is 0 Å². The molecule has 2 aromatic rings. The van der Waals surface area contributed by atoms with E-state index in [0.29, 0.717) is 12.0 Å². The predicted octanol–water partition coefficient (Wildman–Crippen LogP) is 5.06. The minimum Gasteiger partial charge on any atom is -0.383 e. The van der Waals surface area contributed by atoms with Gasteiger partial charge in [-0.1, -0.05) is 32.0 Å². The van der Waals surface area contributed by atoms with Crippen LogP contribution in [0.2, 0.25) is 0 Å². The summed E-state index contributed by atoms with van der Waals surface area (Å²) < 4.78 is 0. The number of benzene rings is 2. The van der Waals surface area contributed by atoms with Gasteiger partial charge >= 0.3 is 0 Å². The average molecular weight is 284 g/mol. The van der Waals surface area contributed by atoms with Gasteiger partial charge in [0.25, 0.3) is 0 Å². The Balaban J connectivity index is 2.02. The summed E-state index contributed by atoms with van der Waals surface area (Å²) in [6, 6.07) is 17.7. The SMILES string of the molecule is CC(C)CC(C)Nc1ccc(N(O)c2ccccc2)cc1. The Morgan fingerprint density at radius 3 is 2.05 bits per heavy atom. The topological polar surface area (TPSA) is 35.5 Å². The quantitative estimate of drug-likeness (QED) is 0.728. The normalized spacial score (nSPS) is 12.2. The van der Waals surface area contributed by atoms with Crippen molar-refractivity contribution < 1.29 is 5.21 Å². The summed E-state index contributed by atoms with van der Waals surface area (Å²) in [7, 11) is 0. The van der Waals surface area contributed by atoms with Crippen LogP contribution in [0, 0.1) is 5.92 Å². The third-order valence-electron chi connectivity index (χ3n) is 3.35. The first kappa shape index (κ1) is 15.4. The maximum atomic E-state index is 10.2. The molecule has 0 amide bonds. The fourth-order valence-electron chi connectivity index (χ4n) is 2.47. The number of nitrogens with one attached hydrogen (secondary N) is 1. The molecule has 21 heavy (non-hydrogen) atoms. The Morgan fingerprint density at radius 2 is 1.48 bits per heavy atom. The molecule has 1 atom stereocenters. The lowest BCUT2D eigenvalue weighted by molar-refractivity contribution is 0.301. The minimum atomic E-state index is 0.440. The molecule has 112 valence electrons. The molecular weight excluding hydrogens is 260 g/mol. The van der Waals surface area contributed by atoms with Crippen molar-refractivity contribution in [1.82, 2.24) is 0 Å². The molecule has 2 aromatic carbocycles. The summed E-state index contributed by atoms with van der Waals surface area (Å²) in [6.07, 6.45) is 1.14. The third-order valence-corrected chi connectivity index (χ3v) is 3.35. The third kappa shape index (κ3) is 4.50. The number of nitrogens with zero attached hydrogens (tertiary/aromatic N) is 1. The van der Waals surface area contributed by atoms with E-state index in [2.05, 4.69) is 26.1 Å². The Morgan fingerprint density at radius 1 is 0.905 bits per heavy atom. The van der Waals surface area contributed by atoms with Crippen molar-refractivity contribution in [3.8, 4) is 0 Å². The summed E-state index contributed by atoms with van der Waals surface area (Å²) in [4.78, 5) is 0. The van der Waals surface area contributed by atoms with Gasteiger partial charge in [-0.15, -0.1) is 0 Å². The van der Waals surface area contributed by atoms with Crippen LogP contribution in [0.15, 0.2) is 54.6 Å². The summed E-state index contributed by atoms with van der Waals surface area (Å²) in [5.74, 6) is 0.679. The molecule has 0 saturated carbocycles. The van der Waals surface area contributed by atoms with Crippen LogP contribution in [0.1, 0.15) is 27.2 Å². The predicted molar refractivity (Wildman–Crippen MR) is 89.3 cm³/mol. The van der Waals surface area contributed by atoms with Gasteiger partial charge in [-0.05, 0) is 55.7 Å². The van der Waals surface area contributed by atoms with E-state index in [0.717, 1.165) is 23.5 Å². The van der Waals surface area contributed by atoms with Gasteiger partial charge in [0.05, 0.1) is 11.4 Å². The van der Waals surface area contributed by atoms with Gasteiger partial charge in [0.2, 0.25) is 0 Å². The lowest BCUT2D eigenvalue weighted by Gasteiger charge is -2.19. The van der Waals surface area contributed by atoms with Gasteiger partial charge in [-0.25, -0.2) is 5.06 Å². The molecule has 3 heteroatoms. The highest BCUT2D eigenvalue weighted by Gasteiger charge is 2.07. The van der Waals surface area contributed by atoms with Crippen molar-refractivity contribution in [2.75, 3.05) is 10.4 Å². The zero-order valence-electron chi connectivity index (χ0n) is 13.0. The molecule has 0 bridgehead atoms. The van der Waals surface area contributed by atoms with Gasteiger partial charge in [-0.2, -0.15) is 0 Å². The Kier molecular flexibility index (Phi) is 5.23. The molecule has 0 aromatic heterocycles. The highest BCUT2D eigenvalue weighted by atomic mass is 16.5. The van der Waals surface area contributed by atoms with Gasteiger partial charge < -0.3 is 5.32 Å². The summed E-state index contributed by atoms with van der Waals surface area (Å²) >= 11 is 0. The van der Waals surface area contributed by atoms with E-state index in [-0.39, 0.29) is 0 Å². The molecule has 0 spiro atoms. The largest absolute Gasteiger partial charge is 0.383 e. The van der Waals surface area contributed by atoms with Crippen LogP contribution >= 0.6 is 0 Å². The Hall–Kier alpha value is -2.00. The zero-order chi connectivity index (χ0) is 15.2. The molecule has 0 fully saturated rings. The van der Waals surface area contributed by atoms with Crippen molar-refractivity contribution in [2.24, 2.45) is 5.92 Å². The first-order chi connectivity index (χ1) is 10.1. The standard InChI is InChI=1S/C18H24N2O/c1-14(2)13-15(3)19-16-9-11-18(12-10-16)20(21)17-7-5-4-6-8-17/h4-12,14-15,19,21H,13H2,1-3H3. The molecular formula is C18H24N2O. The first-order valence-electron chi connectivity index (χ1n) is 7.47. The number of anilines is 3. The van der Waals surface area contributed by atoms with Crippen LogP contribution in [0.4, 0.5) is 17.1 Å². The van der Waals surface area contributed by atoms with E-state index in [4.69, 9.17) is 0 Å². The molecule has 0 heterocycles. The highest BCUT2D eigenvalue weighted by molar-refractivity contribution is 5.62. The number of hydrogen-bond acceptors (Lipinski definition) is 3. The van der Waals surface area contributed by atoms with Gasteiger partial charge in [-0.3, -0.25) is 5.21 Å². The maximum absolute atomic E-state index is 10.2. The zero-order valence-corrected chi connectivity index (χ0v) is 13.0. The van der Waals surface area contributed by atoms with Crippen LogP contribution in [0.5, 0.6) is 0 Å². The molecule has 0 aliphatic carbocycles. The second kappa shape index (κ2) is 7.14. The van der Waals surface area contributed by atoms with Crippen LogP contribution in [-0.2, 0) is 0 Å². The lowest BCUT2D eigenvalue weighted by atomic mass is 10.1. The van der Waals surface area contributed by atoms with Crippen LogP contribution in [0.25, 0.3) is 0 Å². The molecule has 0 aliphatic rings. The van der Waals surface area contributed by atoms with Crippen LogP contribution < -0.4 is 10.4 Å². The monoisotopic (exact) mass is 284 g/mol. The van der Waals surface area contributed by atoms with Gasteiger partial charge in [0.1, 0.15) is 0 Å². The average Bonchev–Trinajstić information content (AvgIpc) is 2.47. The molecule has 2 N–H and O–H groups in total. The smallest absolute Gasteiger partial charge is 0.0694 e. The van der Waals surface area contributed by atoms with Crippen molar-refractivity contribution in [3.05, 3.63) is 54.6 Å². The number of hydrogen-bond donors (Lipinski definition) is 2. The van der Waals surface area contributed by atoms with E-state index in [9.17, 15) is 5.21 Å². The van der Waals surface area contributed by atoms with Crippen molar-refractivity contribution >= 4 is 17.1 Å². The van der Waals surface area contributed by atoms with E-state index in [1.807, 2.05) is 54.6 Å². The summed E-state index contributed by atoms with van der Waals surface area (Å²) in [6.45, 7) is 6.64. The molecule has 0 saturated heterocycles. The summed E-state index contributed by atoms with van der Waals surface area (Å²) in [5.41, 5.74) is 2.59. The van der Waals surface area contributed by atoms with E-state index in [1.165, 1.54) is 5.06 Å². The first-order valence-corrected chi connectivity index (χ1v) is 7.47. The second-order valence-electron chi connectivity index (χ2n) is 5.87. The van der Waals surface area contributed by atoms with Crippen molar-refractivity contribution in [1.29, 1.82) is 0 Å². The number of para-hydroxylation sites is 1. The molecule has 1 unspecified atom stereocenters. The van der Waals surface area contributed by atoms with E-state index < -0.39 is 0 Å². The molecule has 0 radical (unpaired) electrons. The van der Waals surface area contributed by atoms with Crippen molar-refractivity contribution in [2.45, 2.75) is 33.2 Å². The van der Waals surface area contributed by atoms with Crippen molar-refractivity contribution in [3.63, 3.8) is 0 Å². The second-order valence-corrected chi connectivity index (χ2v) is 5.87. The summed E-state index contributed by atoms with van der Waals surface area (Å²) in [5, 5.41) is 14.9. The van der Waals surface area contributed by atoms with E-state index in [1.54, 1.807) is 0 Å². The van der Waals surface area contributed by atoms with Gasteiger partial charge in [0, 0.05) is 11.7 Å². The lowest BCUT2D eigenvalue weighted by Crippen LogP contribution is -2.17. The molecule has 0 aliphatic heterocycles. The minimum absolute atomic E-state index is 0.440. The maximum Gasteiger partial charge on any atom is 0.0694 e. The number of rotatable bonds is 6. The highest BCUT2D eigenvalue weighted by Crippen LogP contribution is 2.24. The Labute approximate surface area is 127 Å². The molecule has 3 nitrogen and oxygen atoms in total. The Bertz CT molecular complexity index is 537. The fourth-order valence-corrected chi connectivity index (χ4v) is 2.47. The van der Waals surface area contributed by atoms with Crippen LogP contribution in [-0.4, -0.2) is 11.2 Å². The molecule has 2 rings (SSSR count). The fraction of sp³-hybridized carbons (Fsp3) is 0.333. The van der Waals surface area contributed by atoms with Gasteiger partial charge in [0.15, 0.2) is 0 Å². The van der Waals surface area contributed by atoms with E-state index >= 15 is 0 Å².